The van der Waals surface area contributed by atoms with Crippen LogP contribution in [0.25, 0.3) is 0 Å². The Bertz CT molecular complexity index is 826. The van der Waals surface area contributed by atoms with Crippen molar-refractivity contribution in [2.45, 2.75) is 39.5 Å². The molecule has 7 heteroatoms. The molecule has 2 aromatic carbocycles. The van der Waals surface area contributed by atoms with Gasteiger partial charge < -0.3 is 19.5 Å². The Balaban J connectivity index is 1.72. The molecule has 27 heavy (non-hydrogen) atoms. The Kier molecular flexibility index (Phi) is 5.78. The van der Waals surface area contributed by atoms with Crippen LogP contribution in [0.15, 0.2) is 36.4 Å². The van der Waals surface area contributed by atoms with Crippen molar-refractivity contribution in [3.63, 3.8) is 0 Å². The van der Waals surface area contributed by atoms with E-state index in [0.29, 0.717) is 12.4 Å². The lowest BCUT2D eigenvalue weighted by atomic mass is 10.1. The molecule has 0 saturated carbocycles. The van der Waals surface area contributed by atoms with Crippen molar-refractivity contribution in [3.8, 4) is 17.2 Å². The lowest BCUT2D eigenvalue weighted by molar-refractivity contribution is -0.0498. The minimum Gasteiger partial charge on any atom is -0.494 e. The Labute approximate surface area is 156 Å². The Morgan fingerprint density at radius 2 is 2.15 bits per heavy atom. The molecular weight excluding hydrogens is 356 g/mol. The predicted octanol–water partition coefficient (Wildman–Crippen LogP) is 3.94. The fraction of sp³-hybridized carbons (Fsp3) is 0.350. The summed E-state index contributed by atoms with van der Waals surface area (Å²) in [6.45, 7) is 1.67. The molecule has 0 fully saturated rings. The second kappa shape index (κ2) is 8.24. The summed E-state index contributed by atoms with van der Waals surface area (Å²) < 4.78 is 40.4. The monoisotopic (exact) mass is 377 g/mol. The second-order valence-electron chi connectivity index (χ2n) is 6.22. The average molecular weight is 377 g/mol. The number of carbonyl (C=O) groups is 1. The Hall–Kier alpha value is -2.83. The topological polar surface area (TPSA) is 56.8 Å². The summed E-state index contributed by atoms with van der Waals surface area (Å²) in [6, 6.07) is 9.49. The standard InChI is InChI=1S/C20H21F2NO4/c1-3-25-17-9-14-7-12(2)26-18(14)10-15(17)11-23-19(24)13-5-4-6-16(8-13)27-20(21)22/h4-6,8-10,12,20H,3,7,11H2,1-2H3,(H,23,24)/t12-/m1/s1. The quantitative estimate of drug-likeness (QED) is 0.794. The highest BCUT2D eigenvalue weighted by Gasteiger charge is 2.22. The molecule has 1 aliphatic heterocycles. The molecule has 1 atom stereocenters. The van der Waals surface area contributed by atoms with Gasteiger partial charge in [-0.05, 0) is 44.2 Å². The van der Waals surface area contributed by atoms with Crippen molar-refractivity contribution in [1.82, 2.24) is 5.32 Å². The van der Waals surface area contributed by atoms with Gasteiger partial charge in [0.1, 0.15) is 23.4 Å². The van der Waals surface area contributed by atoms with Crippen LogP contribution < -0.4 is 19.5 Å². The van der Waals surface area contributed by atoms with Gasteiger partial charge in [0.15, 0.2) is 0 Å². The summed E-state index contributed by atoms with van der Waals surface area (Å²) >= 11 is 0. The van der Waals surface area contributed by atoms with Crippen LogP contribution in [0, 0.1) is 0 Å². The van der Waals surface area contributed by atoms with Gasteiger partial charge in [-0.25, -0.2) is 0 Å². The van der Waals surface area contributed by atoms with Crippen molar-refractivity contribution in [2.24, 2.45) is 0 Å². The minimum absolute atomic E-state index is 0.0624. The van der Waals surface area contributed by atoms with Gasteiger partial charge >= 0.3 is 6.61 Å². The van der Waals surface area contributed by atoms with Crippen molar-refractivity contribution >= 4 is 5.91 Å². The van der Waals surface area contributed by atoms with Crippen molar-refractivity contribution in [1.29, 1.82) is 0 Å². The van der Waals surface area contributed by atoms with Gasteiger partial charge in [0, 0.05) is 29.7 Å². The van der Waals surface area contributed by atoms with Crippen LogP contribution >= 0.6 is 0 Å². The average Bonchev–Trinajstić information content (AvgIpc) is 2.98. The van der Waals surface area contributed by atoms with Crippen LogP contribution in [-0.2, 0) is 13.0 Å². The summed E-state index contributed by atoms with van der Waals surface area (Å²) in [4.78, 5) is 12.4. The minimum atomic E-state index is -2.94. The Morgan fingerprint density at radius 1 is 1.33 bits per heavy atom. The van der Waals surface area contributed by atoms with Crippen molar-refractivity contribution < 1.29 is 27.8 Å². The fourth-order valence-electron chi connectivity index (χ4n) is 3.00. The first-order valence-electron chi connectivity index (χ1n) is 8.74. The first-order valence-corrected chi connectivity index (χ1v) is 8.74. The molecule has 0 spiro atoms. The van der Waals surface area contributed by atoms with Gasteiger partial charge in [0.05, 0.1) is 6.61 Å². The third-order valence-electron chi connectivity index (χ3n) is 4.14. The van der Waals surface area contributed by atoms with Gasteiger partial charge in [-0.3, -0.25) is 4.79 Å². The number of amides is 1. The van der Waals surface area contributed by atoms with E-state index in [9.17, 15) is 13.6 Å². The molecule has 1 N–H and O–H groups in total. The number of fused-ring (bicyclic) bond motifs is 1. The number of rotatable bonds is 7. The molecule has 1 aliphatic rings. The van der Waals surface area contributed by atoms with Crippen molar-refractivity contribution in [3.05, 3.63) is 53.1 Å². The lowest BCUT2D eigenvalue weighted by Gasteiger charge is -2.13. The first-order chi connectivity index (χ1) is 13.0. The van der Waals surface area contributed by atoms with Crippen LogP contribution in [0.1, 0.15) is 35.3 Å². The third-order valence-corrected chi connectivity index (χ3v) is 4.14. The van der Waals surface area contributed by atoms with E-state index in [4.69, 9.17) is 9.47 Å². The van der Waals surface area contributed by atoms with Gasteiger partial charge in [-0.2, -0.15) is 8.78 Å². The van der Waals surface area contributed by atoms with Crippen LogP contribution in [0.3, 0.4) is 0 Å². The fourth-order valence-corrected chi connectivity index (χ4v) is 3.00. The molecule has 5 nitrogen and oxygen atoms in total. The molecule has 2 aromatic rings. The molecular formula is C20H21F2NO4. The maximum Gasteiger partial charge on any atom is 0.387 e. The molecule has 0 radical (unpaired) electrons. The van der Waals surface area contributed by atoms with Crippen LogP contribution in [0.4, 0.5) is 8.78 Å². The van der Waals surface area contributed by atoms with Crippen LogP contribution in [0.2, 0.25) is 0 Å². The molecule has 0 bridgehead atoms. The zero-order valence-corrected chi connectivity index (χ0v) is 15.1. The molecule has 3 rings (SSSR count). The lowest BCUT2D eigenvalue weighted by Crippen LogP contribution is -2.23. The number of benzene rings is 2. The van der Waals surface area contributed by atoms with E-state index >= 15 is 0 Å². The molecule has 0 saturated heterocycles. The predicted molar refractivity (Wildman–Crippen MR) is 95.6 cm³/mol. The van der Waals surface area contributed by atoms with E-state index in [1.165, 1.54) is 24.3 Å². The zero-order chi connectivity index (χ0) is 19.4. The number of carbonyl (C=O) groups excluding carboxylic acids is 1. The molecule has 0 unspecified atom stereocenters. The number of halogens is 2. The zero-order valence-electron chi connectivity index (χ0n) is 15.1. The molecule has 0 aromatic heterocycles. The van der Waals surface area contributed by atoms with Gasteiger partial charge in [-0.1, -0.05) is 6.07 Å². The molecule has 1 heterocycles. The highest BCUT2D eigenvalue weighted by atomic mass is 19.3. The highest BCUT2D eigenvalue weighted by Crippen LogP contribution is 2.35. The first kappa shape index (κ1) is 18.9. The van der Waals surface area contributed by atoms with E-state index in [-0.39, 0.29) is 24.0 Å². The largest absolute Gasteiger partial charge is 0.494 e. The normalized spacial score (nSPS) is 15.2. The summed E-state index contributed by atoms with van der Waals surface area (Å²) in [5.74, 6) is 1.03. The van der Waals surface area contributed by atoms with E-state index in [0.717, 1.165) is 23.3 Å². The van der Waals surface area contributed by atoms with E-state index in [1.807, 2.05) is 26.0 Å². The van der Waals surface area contributed by atoms with Gasteiger partial charge in [0.2, 0.25) is 0 Å². The summed E-state index contributed by atoms with van der Waals surface area (Å²) in [6.07, 6.45) is 0.927. The second-order valence-corrected chi connectivity index (χ2v) is 6.22. The summed E-state index contributed by atoms with van der Waals surface area (Å²) in [7, 11) is 0. The molecule has 1 amide bonds. The number of hydrogen-bond acceptors (Lipinski definition) is 4. The van der Waals surface area contributed by atoms with Crippen LogP contribution in [-0.4, -0.2) is 25.2 Å². The van der Waals surface area contributed by atoms with Crippen molar-refractivity contribution in [2.75, 3.05) is 6.61 Å². The van der Waals surface area contributed by atoms with Gasteiger partial charge in [-0.15, -0.1) is 0 Å². The van der Waals surface area contributed by atoms with Crippen LogP contribution in [0.5, 0.6) is 17.2 Å². The smallest absolute Gasteiger partial charge is 0.387 e. The maximum atomic E-state index is 12.4. The number of nitrogens with one attached hydrogen (secondary N) is 1. The third kappa shape index (κ3) is 4.67. The highest BCUT2D eigenvalue weighted by molar-refractivity contribution is 5.94. The van der Waals surface area contributed by atoms with E-state index in [1.54, 1.807) is 0 Å². The van der Waals surface area contributed by atoms with E-state index in [2.05, 4.69) is 10.1 Å². The van der Waals surface area contributed by atoms with E-state index < -0.39 is 12.5 Å². The number of alkyl halides is 2. The SMILES string of the molecule is CCOc1cc2c(cc1CNC(=O)c1cccc(OC(F)F)c1)O[C@H](C)C2. The van der Waals surface area contributed by atoms with Gasteiger partial charge in [0.25, 0.3) is 5.91 Å². The Morgan fingerprint density at radius 3 is 2.89 bits per heavy atom. The molecule has 144 valence electrons. The summed E-state index contributed by atoms with van der Waals surface area (Å²) in [5.41, 5.74) is 2.10. The summed E-state index contributed by atoms with van der Waals surface area (Å²) in [5, 5.41) is 2.78. The number of hydrogen-bond donors (Lipinski definition) is 1. The maximum absolute atomic E-state index is 12.4. The molecule has 0 aliphatic carbocycles. The number of ether oxygens (including phenoxy) is 3.